The van der Waals surface area contributed by atoms with Crippen LogP contribution in [-0.4, -0.2) is 35.6 Å². The first-order valence-corrected chi connectivity index (χ1v) is 8.18. The molecular weight excluding hydrogens is 234 g/mol. The number of hydrogen-bond acceptors (Lipinski definition) is 3. The highest BCUT2D eigenvalue weighted by atomic mass is 15.2. The zero-order valence-electron chi connectivity index (χ0n) is 12.2. The third kappa shape index (κ3) is 3.12. The van der Waals surface area contributed by atoms with E-state index < -0.39 is 0 Å². The van der Waals surface area contributed by atoms with E-state index in [1.54, 1.807) is 0 Å². The van der Waals surface area contributed by atoms with E-state index in [-0.39, 0.29) is 5.54 Å². The Kier molecular flexibility index (Phi) is 3.82. The summed E-state index contributed by atoms with van der Waals surface area (Å²) in [5.74, 6) is 0.973. The lowest BCUT2D eigenvalue weighted by molar-refractivity contribution is 0.174. The largest absolute Gasteiger partial charge is 0.299 e. The van der Waals surface area contributed by atoms with Crippen LogP contribution in [0.3, 0.4) is 0 Å². The maximum absolute atomic E-state index is 9.56. The second-order valence-corrected chi connectivity index (χ2v) is 6.89. The van der Waals surface area contributed by atoms with Crippen molar-refractivity contribution in [1.29, 1.82) is 5.26 Å². The number of rotatable bonds is 7. The van der Waals surface area contributed by atoms with E-state index in [0.29, 0.717) is 6.04 Å². The van der Waals surface area contributed by atoms with Crippen molar-refractivity contribution in [2.24, 2.45) is 5.92 Å². The molecule has 3 heteroatoms. The summed E-state index contributed by atoms with van der Waals surface area (Å²) in [6.45, 7) is 4.46. The third-order valence-electron chi connectivity index (χ3n) is 5.07. The number of nitrogens with one attached hydrogen (secondary N) is 1. The van der Waals surface area contributed by atoms with Crippen LogP contribution in [-0.2, 0) is 0 Å². The maximum atomic E-state index is 9.56. The lowest BCUT2D eigenvalue weighted by Gasteiger charge is -2.30. The molecule has 3 rings (SSSR count). The zero-order valence-corrected chi connectivity index (χ0v) is 12.2. The van der Waals surface area contributed by atoms with Gasteiger partial charge in [0.1, 0.15) is 5.54 Å². The summed E-state index contributed by atoms with van der Waals surface area (Å²) in [7, 11) is 0. The van der Waals surface area contributed by atoms with E-state index >= 15 is 0 Å². The Labute approximate surface area is 117 Å². The SMILES string of the molecule is CCCNC1(C#N)CCC(N(CC2CC2)C2CC2)C1. The summed E-state index contributed by atoms with van der Waals surface area (Å²) < 4.78 is 0. The molecule has 2 unspecified atom stereocenters. The number of nitrogens with zero attached hydrogens (tertiary/aromatic N) is 2. The molecule has 3 aliphatic rings. The molecule has 0 aromatic rings. The predicted octanol–water partition coefficient (Wildman–Crippen LogP) is 2.68. The Morgan fingerprint density at radius 3 is 2.58 bits per heavy atom. The summed E-state index contributed by atoms with van der Waals surface area (Å²) in [5.41, 5.74) is -0.225. The van der Waals surface area contributed by atoms with E-state index in [2.05, 4.69) is 23.2 Å². The molecule has 19 heavy (non-hydrogen) atoms. The van der Waals surface area contributed by atoms with Crippen LogP contribution in [0.5, 0.6) is 0 Å². The zero-order chi connectivity index (χ0) is 13.3. The van der Waals surface area contributed by atoms with Gasteiger partial charge in [0.15, 0.2) is 0 Å². The van der Waals surface area contributed by atoms with Crippen molar-refractivity contribution >= 4 is 0 Å². The molecular formula is C16H27N3. The van der Waals surface area contributed by atoms with E-state index in [9.17, 15) is 5.26 Å². The molecule has 0 radical (unpaired) electrons. The van der Waals surface area contributed by atoms with Gasteiger partial charge in [0.25, 0.3) is 0 Å². The molecule has 3 nitrogen and oxygen atoms in total. The summed E-state index contributed by atoms with van der Waals surface area (Å²) in [5, 5.41) is 13.1. The average Bonchev–Trinajstić information content (AvgIpc) is 3.33. The fourth-order valence-corrected chi connectivity index (χ4v) is 3.57. The smallest absolute Gasteiger partial charge is 0.108 e. The van der Waals surface area contributed by atoms with Crippen molar-refractivity contribution in [2.75, 3.05) is 13.1 Å². The first kappa shape index (κ1) is 13.4. The van der Waals surface area contributed by atoms with Gasteiger partial charge in [-0.15, -0.1) is 0 Å². The molecule has 2 atom stereocenters. The van der Waals surface area contributed by atoms with Gasteiger partial charge < -0.3 is 0 Å². The minimum atomic E-state index is -0.225. The van der Waals surface area contributed by atoms with Gasteiger partial charge in [-0.05, 0) is 63.8 Å². The lowest BCUT2D eigenvalue weighted by Crippen LogP contribution is -2.45. The molecule has 3 aliphatic carbocycles. The second kappa shape index (κ2) is 5.42. The third-order valence-corrected chi connectivity index (χ3v) is 5.07. The van der Waals surface area contributed by atoms with Gasteiger partial charge >= 0.3 is 0 Å². The van der Waals surface area contributed by atoms with Crippen LogP contribution >= 0.6 is 0 Å². The van der Waals surface area contributed by atoms with Crippen LogP contribution in [0.1, 0.15) is 58.3 Å². The van der Waals surface area contributed by atoms with Gasteiger partial charge in [0.05, 0.1) is 6.07 Å². The van der Waals surface area contributed by atoms with Crippen molar-refractivity contribution in [1.82, 2.24) is 10.2 Å². The predicted molar refractivity (Wildman–Crippen MR) is 76.7 cm³/mol. The Morgan fingerprint density at radius 2 is 2.00 bits per heavy atom. The molecule has 0 spiro atoms. The fraction of sp³-hybridized carbons (Fsp3) is 0.938. The second-order valence-electron chi connectivity index (χ2n) is 6.89. The summed E-state index contributed by atoms with van der Waals surface area (Å²) in [4.78, 5) is 2.77. The molecule has 0 aromatic carbocycles. The Balaban J connectivity index is 1.60. The highest BCUT2D eigenvalue weighted by Crippen LogP contribution is 2.41. The summed E-state index contributed by atoms with van der Waals surface area (Å²) >= 11 is 0. The van der Waals surface area contributed by atoms with E-state index in [0.717, 1.165) is 37.8 Å². The number of hydrogen-bond donors (Lipinski definition) is 1. The minimum Gasteiger partial charge on any atom is -0.299 e. The molecule has 3 saturated carbocycles. The van der Waals surface area contributed by atoms with E-state index in [1.807, 2.05) is 0 Å². The quantitative estimate of drug-likeness (QED) is 0.766. The van der Waals surface area contributed by atoms with Gasteiger partial charge in [-0.25, -0.2) is 0 Å². The van der Waals surface area contributed by atoms with Crippen LogP contribution in [0.25, 0.3) is 0 Å². The molecule has 0 amide bonds. The molecule has 1 N–H and O–H groups in total. The number of nitriles is 1. The average molecular weight is 261 g/mol. The summed E-state index contributed by atoms with van der Waals surface area (Å²) in [6, 6.07) is 4.10. The highest BCUT2D eigenvalue weighted by molar-refractivity contribution is 5.14. The van der Waals surface area contributed by atoms with Crippen molar-refractivity contribution < 1.29 is 0 Å². The van der Waals surface area contributed by atoms with Gasteiger partial charge in [0.2, 0.25) is 0 Å². The molecule has 0 aliphatic heterocycles. The van der Waals surface area contributed by atoms with Gasteiger partial charge in [-0.1, -0.05) is 6.92 Å². The molecule has 3 fully saturated rings. The van der Waals surface area contributed by atoms with E-state index in [4.69, 9.17) is 0 Å². The van der Waals surface area contributed by atoms with Crippen molar-refractivity contribution in [3.05, 3.63) is 0 Å². The molecule has 0 heterocycles. The molecule has 0 saturated heterocycles. The highest BCUT2D eigenvalue weighted by Gasteiger charge is 2.45. The normalized spacial score (nSPS) is 34.7. The van der Waals surface area contributed by atoms with Gasteiger partial charge in [-0.3, -0.25) is 10.2 Å². The first-order valence-electron chi connectivity index (χ1n) is 8.18. The molecule has 106 valence electrons. The topological polar surface area (TPSA) is 39.1 Å². The van der Waals surface area contributed by atoms with Crippen LogP contribution in [0.4, 0.5) is 0 Å². The minimum absolute atomic E-state index is 0.225. The Hall–Kier alpha value is -0.590. The summed E-state index contributed by atoms with van der Waals surface area (Å²) in [6.07, 6.45) is 10.1. The van der Waals surface area contributed by atoms with Gasteiger partial charge in [0, 0.05) is 18.6 Å². The van der Waals surface area contributed by atoms with Crippen LogP contribution < -0.4 is 5.32 Å². The van der Waals surface area contributed by atoms with Crippen molar-refractivity contribution in [2.45, 2.75) is 75.9 Å². The van der Waals surface area contributed by atoms with E-state index in [1.165, 1.54) is 38.6 Å². The van der Waals surface area contributed by atoms with Crippen molar-refractivity contribution in [3.8, 4) is 6.07 Å². The van der Waals surface area contributed by atoms with Crippen LogP contribution in [0, 0.1) is 17.2 Å². The van der Waals surface area contributed by atoms with Crippen LogP contribution in [0.2, 0.25) is 0 Å². The van der Waals surface area contributed by atoms with Crippen LogP contribution in [0.15, 0.2) is 0 Å². The fourth-order valence-electron chi connectivity index (χ4n) is 3.57. The first-order chi connectivity index (χ1) is 9.26. The lowest BCUT2D eigenvalue weighted by atomic mass is 9.99. The maximum Gasteiger partial charge on any atom is 0.108 e. The van der Waals surface area contributed by atoms with Gasteiger partial charge in [-0.2, -0.15) is 5.26 Å². The standard InChI is InChI=1S/C16H27N3/c1-2-9-18-16(12-17)8-7-15(10-16)19(14-5-6-14)11-13-3-4-13/h13-15,18H,2-11H2,1H3. The monoisotopic (exact) mass is 261 g/mol. The molecule has 0 bridgehead atoms. The Morgan fingerprint density at radius 1 is 1.21 bits per heavy atom. The molecule has 0 aromatic heterocycles. The van der Waals surface area contributed by atoms with Crippen molar-refractivity contribution in [3.63, 3.8) is 0 Å². The Bertz CT molecular complexity index is 353.